The van der Waals surface area contributed by atoms with Gasteiger partial charge in [0.25, 0.3) is 5.91 Å². The van der Waals surface area contributed by atoms with Crippen LogP contribution in [0.25, 0.3) is 0 Å². The van der Waals surface area contributed by atoms with Crippen LogP contribution in [0.4, 0.5) is 0 Å². The molecule has 0 radical (unpaired) electrons. The summed E-state index contributed by atoms with van der Waals surface area (Å²) in [6.45, 7) is 3.96. The average molecular weight is 298 g/mol. The molecule has 3 rings (SSSR count). The van der Waals surface area contributed by atoms with Gasteiger partial charge in [-0.15, -0.1) is 0 Å². The Morgan fingerprint density at radius 2 is 2.14 bits per heavy atom. The van der Waals surface area contributed by atoms with Crippen molar-refractivity contribution >= 4 is 5.91 Å². The van der Waals surface area contributed by atoms with Crippen LogP contribution in [-0.2, 0) is 6.54 Å². The summed E-state index contributed by atoms with van der Waals surface area (Å²) in [5.74, 6) is 0.583. The lowest BCUT2D eigenvalue weighted by Gasteiger charge is -2.21. The fraction of sp³-hybridized carbons (Fsp3) is 0.389. The summed E-state index contributed by atoms with van der Waals surface area (Å²) in [6.07, 6.45) is 4.20. The smallest absolute Gasteiger partial charge is 0.256 e. The normalized spacial score (nSPS) is 18.5. The topological polar surface area (TPSA) is 36.7 Å². The molecule has 0 spiro atoms. The summed E-state index contributed by atoms with van der Waals surface area (Å²) in [6, 6.07) is 12.3. The number of likely N-dealkylation sites (tertiary alicyclic amines) is 1. The van der Waals surface area contributed by atoms with Crippen LogP contribution in [0.15, 0.2) is 53.3 Å². The molecule has 22 heavy (non-hydrogen) atoms. The van der Waals surface area contributed by atoms with E-state index in [0.29, 0.717) is 11.5 Å². The van der Waals surface area contributed by atoms with Crippen LogP contribution < -0.4 is 0 Å². The number of amides is 1. The van der Waals surface area contributed by atoms with Gasteiger partial charge in [0.1, 0.15) is 6.26 Å². The Hall–Kier alpha value is -2.07. The Balaban J connectivity index is 1.49. The Labute approximate surface area is 131 Å². The van der Waals surface area contributed by atoms with Crippen LogP contribution in [-0.4, -0.2) is 42.4 Å². The lowest BCUT2D eigenvalue weighted by molar-refractivity contribution is 0.0772. The Morgan fingerprint density at radius 1 is 1.32 bits per heavy atom. The van der Waals surface area contributed by atoms with Crippen molar-refractivity contribution in [3.63, 3.8) is 0 Å². The summed E-state index contributed by atoms with van der Waals surface area (Å²) in [5, 5.41) is 0. The second-order valence-corrected chi connectivity index (χ2v) is 6.07. The van der Waals surface area contributed by atoms with Gasteiger partial charge in [-0.05, 0) is 30.5 Å². The summed E-state index contributed by atoms with van der Waals surface area (Å²) >= 11 is 0. The highest BCUT2D eigenvalue weighted by Crippen LogP contribution is 2.20. The highest BCUT2D eigenvalue weighted by atomic mass is 16.3. The molecule has 0 unspecified atom stereocenters. The zero-order valence-electron chi connectivity index (χ0n) is 12.9. The third-order valence-electron chi connectivity index (χ3n) is 4.27. The summed E-state index contributed by atoms with van der Waals surface area (Å²) in [5.41, 5.74) is 1.98. The maximum Gasteiger partial charge on any atom is 0.256 e. The molecule has 4 heteroatoms. The van der Waals surface area contributed by atoms with E-state index < -0.39 is 0 Å². The fourth-order valence-electron chi connectivity index (χ4n) is 3.12. The minimum Gasteiger partial charge on any atom is -0.472 e. The molecule has 0 N–H and O–H groups in total. The molecule has 0 bridgehead atoms. The predicted molar refractivity (Wildman–Crippen MR) is 85.5 cm³/mol. The molecule has 4 nitrogen and oxygen atoms in total. The molecule has 1 saturated heterocycles. The van der Waals surface area contributed by atoms with E-state index in [1.807, 2.05) is 18.0 Å². The summed E-state index contributed by atoms with van der Waals surface area (Å²) in [4.78, 5) is 16.5. The molecule has 1 atom stereocenters. The van der Waals surface area contributed by atoms with E-state index in [9.17, 15) is 4.79 Å². The number of hydrogen-bond acceptors (Lipinski definition) is 3. The van der Waals surface area contributed by atoms with Crippen molar-refractivity contribution in [1.29, 1.82) is 0 Å². The number of carbonyl (C=O) groups excluding carboxylic acids is 1. The number of benzene rings is 1. The van der Waals surface area contributed by atoms with Crippen molar-refractivity contribution in [2.45, 2.75) is 13.0 Å². The van der Waals surface area contributed by atoms with Crippen molar-refractivity contribution in [1.82, 2.24) is 9.80 Å². The highest BCUT2D eigenvalue weighted by molar-refractivity contribution is 5.93. The molecule has 0 aliphatic carbocycles. The van der Waals surface area contributed by atoms with Gasteiger partial charge in [-0.3, -0.25) is 9.69 Å². The fourth-order valence-corrected chi connectivity index (χ4v) is 3.12. The molecule has 2 aromatic rings. The van der Waals surface area contributed by atoms with Crippen molar-refractivity contribution in [2.75, 3.05) is 26.7 Å². The molecular formula is C18H22N2O2. The molecule has 116 valence electrons. The zero-order chi connectivity index (χ0) is 15.4. The maximum atomic E-state index is 12.2. The van der Waals surface area contributed by atoms with Crippen molar-refractivity contribution in [3.05, 3.63) is 60.1 Å². The van der Waals surface area contributed by atoms with Gasteiger partial charge >= 0.3 is 0 Å². The first kappa shape index (κ1) is 14.9. The highest BCUT2D eigenvalue weighted by Gasteiger charge is 2.25. The molecule has 1 aromatic carbocycles. The van der Waals surface area contributed by atoms with Gasteiger partial charge in [0.05, 0.1) is 11.8 Å². The molecular weight excluding hydrogens is 276 g/mol. The number of furan rings is 1. The van der Waals surface area contributed by atoms with Crippen LogP contribution in [0.3, 0.4) is 0 Å². The van der Waals surface area contributed by atoms with Gasteiger partial charge in [0, 0.05) is 26.7 Å². The van der Waals surface area contributed by atoms with Crippen molar-refractivity contribution in [2.24, 2.45) is 5.92 Å². The van der Waals surface area contributed by atoms with Crippen molar-refractivity contribution < 1.29 is 9.21 Å². The van der Waals surface area contributed by atoms with E-state index >= 15 is 0 Å². The first-order chi connectivity index (χ1) is 10.7. The molecule has 1 aliphatic rings. The number of nitrogens with zero attached hydrogens (tertiary/aromatic N) is 2. The minimum absolute atomic E-state index is 0.0373. The van der Waals surface area contributed by atoms with E-state index in [1.54, 1.807) is 6.07 Å². The first-order valence-corrected chi connectivity index (χ1v) is 7.76. The SMILES string of the molecule is CN(C[C@H]1CCN(Cc2ccccc2)C1)C(=O)c1ccoc1. The Bertz CT molecular complexity index is 595. The minimum atomic E-state index is 0.0373. The van der Waals surface area contributed by atoms with Gasteiger partial charge in [-0.1, -0.05) is 30.3 Å². The zero-order valence-corrected chi connectivity index (χ0v) is 12.9. The number of carbonyl (C=O) groups is 1. The lowest BCUT2D eigenvalue weighted by atomic mass is 10.1. The van der Waals surface area contributed by atoms with E-state index in [1.165, 1.54) is 18.1 Å². The first-order valence-electron chi connectivity index (χ1n) is 7.76. The standard InChI is InChI=1S/C18H22N2O2/c1-19(18(21)17-8-10-22-14-17)11-16-7-9-20(13-16)12-15-5-3-2-4-6-15/h2-6,8,10,14,16H,7,9,11-13H2,1H3/t16-/m1/s1. The van der Waals surface area contributed by atoms with Crippen molar-refractivity contribution in [3.8, 4) is 0 Å². The van der Waals surface area contributed by atoms with Gasteiger partial charge in [-0.25, -0.2) is 0 Å². The molecule has 0 saturated carbocycles. The van der Waals surface area contributed by atoms with Crippen LogP contribution >= 0.6 is 0 Å². The van der Waals surface area contributed by atoms with Gasteiger partial charge < -0.3 is 9.32 Å². The quantitative estimate of drug-likeness (QED) is 0.851. The molecule has 1 aliphatic heterocycles. The van der Waals surface area contributed by atoms with Gasteiger partial charge in [0.15, 0.2) is 0 Å². The lowest BCUT2D eigenvalue weighted by Crippen LogP contribution is -2.32. The molecule has 1 aromatic heterocycles. The largest absolute Gasteiger partial charge is 0.472 e. The Kier molecular flexibility index (Phi) is 4.59. The summed E-state index contributed by atoms with van der Waals surface area (Å²) < 4.78 is 4.98. The third-order valence-corrected chi connectivity index (χ3v) is 4.27. The van der Waals surface area contributed by atoms with Gasteiger partial charge in [0.2, 0.25) is 0 Å². The van der Waals surface area contributed by atoms with E-state index in [4.69, 9.17) is 4.42 Å². The predicted octanol–water partition coefficient (Wildman–Crippen LogP) is 2.87. The van der Waals surface area contributed by atoms with Crippen LogP contribution in [0, 0.1) is 5.92 Å². The third kappa shape index (κ3) is 3.57. The summed E-state index contributed by atoms with van der Waals surface area (Å²) in [7, 11) is 1.87. The van der Waals surface area contributed by atoms with Crippen LogP contribution in [0.5, 0.6) is 0 Å². The number of rotatable bonds is 5. The van der Waals surface area contributed by atoms with E-state index in [-0.39, 0.29) is 5.91 Å². The van der Waals surface area contributed by atoms with Gasteiger partial charge in [-0.2, -0.15) is 0 Å². The molecule has 1 amide bonds. The monoisotopic (exact) mass is 298 g/mol. The Morgan fingerprint density at radius 3 is 2.86 bits per heavy atom. The molecule has 2 heterocycles. The molecule has 1 fully saturated rings. The average Bonchev–Trinajstić information content (AvgIpc) is 3.19. The van der Waals surface area contributed by atoms with Crippen LogP contribution in [0.2, 0.25) is 0 Å². The van der Waals surface area contributed by atoms with E-state index in [2.05, 4.69) is 29.2 Å². The second kappa shape index (κ2) is 6.79. The van der Waals surface area contributed by atoms with Crippen LogP contribution in [0.1, 0.15) is 22.3 Å². The second-order valence-electron chi connectivity index (χ2n) is 6.07. The van der Waals surface area contributed by atoms with E-state index in [0.717, 1.165) is 32.6 Å². The number of hydrogen-bond donors (Lipinski definition) is 0. The maximum absolute atomic E-state index is 12.2.